The largest absolute Gasteiger partial charge is 0.379 e. The Morgan fingerprint density at radius 2 is 1.61 bits per heavy atom. The molecule has 2 aromatic carbocycles. The highest BCUT2D eigenvalue weighted by molar-refractivity contribution is 7.87. The van der Waals surface area contributed by atoms with E-state index in [-0.39, 0.29) is 15.7 Å². The molecule has 94 valence electrons. The molecule has 6 heteroatoms. The maximum absolute atomic E-state index is 12.0. The molecule has 2 aromatic rings. The van der Waals surface area contributed by atoms with E-state index in [9.17, 15) is 8.42 Å². The van der Waals surface area contributed by atoms with Crippen molar-refractivity contribution in [1.29, 1.82) is 0 Å². The Morgan fingerprint density at radius 3 is 2.22 bits per heavy atom. The Hall–Kier alpha value is -1.23. The second-order valence-electron chi connectivity index (χ2n) is 3.43. The van der Waals surface area contributed by atoms with Crippen molar-refractivity contribution >= 4 is 33.3 Å². The molecule has 0 amide bonds. The van der Waals surface area contributed by atoms with E-state index < -0.39 is 10.1 Å². The average molecular weight is 303 g/mol. The molecule has 0 fully saturated rings. The van der Waals surface area contributed by atoms with Gasteiger partial charge in [0.25, 0.3) is 0 Å². The Morgan fingerprint density at radius 1 is 0.944 bits per heavy atom. The van der Waals surface area contributed by atoms with Crippen LogP contribution in [0.2, 0.25) is 10.0 Å². The van der Waals surface area contributed by atoms with Gasteiger partial charge >= 0.3 is 10.1 Å². The van der Waals surface area contributed by atoms with Crippen molar-refractivity contribution in [1.82, 2.24) is 0 Å². The minimum atomic E-state index is -3.95. The van der Waals surface area contributed by atoms with E-state index in [0.29, 0.717) is 5.02 Å². The lowest BCUT2D eigenvalue weighted by atomic mass is 10.3. The Balaban J connectivity index is 2.37. The van der Waals surface area contributed by atoms with Crippen molar-refractivity contribution in [2.75, 3.05) is 0 Å². The SMILES string of the molecule is O=S(=O)(Oc1ccccc1)c1ccc(Cl)cc1Cl. The summed E-state index contributed by atoms with van der Waals surface area (Å²) in [5, 5.41) is 0.386. The summed E-state index contributed by atoms with van der Waals surface area (Å²) in [6, 6.07) is 12.3. The van der Waals surface area contributed by atoms with Crippen molar-refractivity contribution < 1.29 is 12.6 Å². The Labute approximate surface area is 115 Å². The minimum absolute atomic E-state index is 0.0263. The number of halogens is 2. The predicted molar refractivity (Wildman–Crippen MR) is 70.7 cm³/mol. The fourth-order valence-corrected chi connectivity index (χ4v) is 3.00. The second kappa shape index (κ2) is 5.18. The molecule has 0 heterocycles. The summed E-state index contributed by atoms with van der Waals surface area (Å²) < 4.78 is 28.9. The van der Waals surface area contributed by atoms with Crippen LogP contribution in [-0.2, 0) is 10.1 Å². The van der Waals surface area contributed by atoms with Gasteiger partial charge in [-0.2, -0.15) is 8.42 Å². The van der Waals surface area contributed by atoms with E-state index >= 15 is 0 Å². The third kappa shape index (κ3) is 2.96. The van der Waals surface area contributed by atoms with Crippen LogP contribution in [0.5, 0.6) is 5.75 Å². The zero-order chi connectivity index (χ0) is 13.2. The van der Waals surface area contributed by atoms with Crippen molar-refractivity contribution in [2.45, 2.75) is 4.90 Å². The van der Waals surface area contributed by atoms with Crippen molar-refractivity contribution in [2.24, 2.45) is 0 Å². The summed E-state index contributed by atoms with van der Waals surface area (Å²) in [6.45, 7) is 0. The lowest BCUT2D eigenvalue weighted by Crippen LogP contribution is -2.10. The highest BCUT2D eigenvalue weighted by Gasteiger charge is 2.20. The van der Waals surface area contributed by atoms with Crippen LogP contribution < -0.4 is 4.18 Å². The molecule has 0 saturated heterocycles. The van der Waals surface area contributed by atoms with Gasteiger partial charge in [-0.05, 0) is 30.3 Å². The quantitative estimate of drug-likeness (QED) is 0.811. The summed E-state index contributed by atoms with van der Waals surface area (Å²) in [5.41, 5.74) is 0. The van der Waals surface area contributed by atoms with Crippen molar-refractivity contribution in [3.63, 3.8) is 0 Å². The van der Waals surface area contributed by atoms with Gasteiger partial charge < -0.3 is 4.18 Å². The molecule has 3 nitrogen and oxygen atoms in total. The van der Waals surface area contributed by atoms with Gasteiger partial charge in [0.2, 0.25) is 0 Å². The van der Waals surface area contributed by atoms with Gasteiger partial charge in [-0.3, -0.25) is 0 Å². The molecule has 0 radical (unpaired) electrons. The molecule has 0 N–H and O–H groups in total. The van der Waals surface area contributed by atoms with E-state index in [1.54, 1.807) is 30.3 Å². The summed E-state index contributed by atoms with van der Waals surface area (Å²) in [5.74, 6) is 0.225. The van der Waals surface area contributed by atoms with Gasteiger partial charge in [0.05, 0.1) is 5.02 Å². The van der Waals surface area contributed by atoms with Gasteiger partial charge in [-0.15, -0.1) is 0 Å². The van der Waals surface area contributed by atoms with Gasteiger partial charge in [-0.25, -0.2) is 0 Å². The molecule has 0 atom stereocenters. The third-order valence-corrected chi connectivity index (χ3v) is 4.08. The maximum Gasteiger partial charge on any atom is 0.340 e. The van der Waals surface area contributed by atoms with Crippen LogP contribution in [0, 0.1) is 0 Å². The van der Waals surface area contributed by atoms with Gasteiger partial charge in [0.15, 0.2) is 0 Å². The first-order valence-electron chi connectivity index (χ1n) is 4.93. The molecule has 0 aliphatic carbocycles. The van der Waals surface area contributed by atoms with Gasteiger partial charge in [-0.1, -0.05) is 41.4 Å². The molecule has 0 bridgehead atoms. The number of benzene rings is 2. The van der Waals surface area contributed by atoms with Crippen LogP contribution in [0.15, 0.2) is 53.4 Å². The van der Waals surface area contributed by atoms with Crippen LogP contribution in [-0.4, -0.2) is 8.42 Å². The minimum Gasteiger partial charge on any atom is -0.379 e. The zero-order valence-electron chi connectivity index (χ0n) is 9.01. The summed E-state index contributed by atoms with van der Waals surface area (Å²) in [6.07, 6.45) is 0. The highest BCUT2D eigenvalue weighted by atomic mass is 35.5. The summed E-state index contributed by atoms with van der Waals surface area (Å²) in [7, 11) is -3.95. The molecule has 0 aliphatic heterocycles. The summed E-state index contributed by atoms with van der Waals surface area (Å²) in [4.78, 5) is -0.114. The standard InChI is InChI=1S/C12H8Cl2O3S/c13-9-6-7-12(11(14)8-9)18(15,16)17-10-4-2-1-3-5-10/h1-8H. The van der Waals surface area contributed by atoms with E-state index in [0.717, 1.165) is 0 Å². The number of hydrogen-bond acceptors (Lipinski definition) is 3. The lowest BCUT2D eigenvalue weighted by Gasteiger charge is -2.08. The average Bonchev–Trinajstić information content (AvgIpc) is 2.29. The first kappa shape index (κ1) is 13.2. The molecular weight excluding hydrogens is 295 g/mol. The molecule has 0 aliphatic rings. The number of para-hydroxylation sites is 1. The van der Waals surface area contributed by atoms with Crippen LogP contribution in [0.1, 0.15) is 0 Å². The van der Waals surface area contributed by atoms with E-state index in [1.165, 1.54) is 18.2 Å². The molecular formula is C12H8Cl2O3S. The van der Waals surface area contributed by atoms with Crippen LogP contribution in [0.25, 0.3) is 0 Å². The molecule has 0 saturated carbocycles. The normalized spacial score (nSPS) is 11.2. The molecule has 0 spiro atoms. The topological polar surface area (TPSA) is 43.4 Å². The molecule has 0 unspecified atom stereocenters. The molecule has 2 rings (SSSR count). The van der Waals surface area contributed by atoms with Crippen LogP contribution in [0.3, 0.4) is 0 Å². The van der Waals surface area contributed by atoms with Crippen LogP contribution >= 0.6 is 23.2 Å². The first-order chi connectivity index (χ1) is 8.49. The van der Waals surface area contributed by atoms with Gasteiger partial charge in [0.1, 0.15) is 10.6 Å². The predicted octanol–water partition coefficient (Wildman–Crippen LogP) is 3.76. The third-order valence-electron chi connectivity index (χ3n) is 2.11. The van der Waals surface area contributed by atoms with E-state index in [1.807, 2.05) is 0 Å². The number of hydrogen-bond donors (Lipinski definition) is 0. The zero-order valence-corrected chi connectivity index (χ0v) is 11.3. The lowest BCUT2D eigenvalue weighted by molar-refractivity contribution is 0.486. The fourth-order valence-electron chi connectivity index (χ4n) is 1.33. The molecule has 18 heavy (non-hydrogen) atoms. The van der Waals surface area contributed by atoms with Crippen molar-refractivity contribution in [3.05, 3.63) is 58.6 Å². The fraction of sp³-hybridized carbons (Fsp3) is 0. The first-order valence-corrected chi connectivity index (χ1v) is 7.10. The van der Waals surface area contributed by atoms with Gasteiger partial charge in [0, 0.05) is 5.02 Å². The number of rotatable bonds is 3. The van der Waals surface area contributed by atoms with Crippen LogP contribution in [0.4, 0.5) is 0 Å². The van der Waals surface area contributed by atoms with Crippen molar-refractivity contribution in [3.8, 4) is 5.75 Å². The summed E-state index contributed by atoms with van der Waals surface area (Å²) >= 11 is 11.5. The Kier molecular flexibility index (Phi) is 3.80. The molecule has 0 aromatic heterocycles. The Bertz CT molecular complexity index is 654. The smallest absolute Gasteiger partial charge is 0.340 e. The maximum atomic E-state index is 12.0. The highest BCUT2D eigenvalue weighted by Crippen LogP contribution is 2.27. The second-order valence-corrected chi connectivity index (χ2v) is 5.78. The van der Waals surface area contributed by atoms with E-state index in [4.69, 9.17) is 27.4 Å². The monoisotopic (exact) mass is 302 g/mol. The van der Waals surface area contributed by atoms with E-state index in [2.05, 4.69) is 0 Å².